The van der Waals surface area contributed by atoms with Gasteiger partial charge in [0.05, 0.1) is 18.6 Å². The monoisotopic (exact) mass is 270 g/mol. The second-order valence-corrected chi connectivity index (χ2v) is 4.14. The van der Waals surface area contributed by atoms with Crippen molar-refractivity contribution in [2.75, 3.05) is 24.2 Å². The van der Waals surface area contributed by atoms with Crippen molar-refractivity contribution >= 4 is 22.7 Å². The molecule has 0 aliphatic heterocycles. The Morgan fingerprint density at radius 2 is 2.10 bits per heavy atom. The topological polar surface area (TPSA) is 102 Å². The maximum absolute atomic E-state index is 5.80. The van der Waals surface area contributed by atoms with Crippen LogP contribution in [0.15, 0.2) is 36.9 Å². The summed E-state index contributed by atoms with van der Waals surface area (Å²) >= 11 is 0. The summed E-state index contributed by atoms with van der Waals surface area (Å²) in [6, 6.07) is 7.41. The molecule has 0 bridgehead atoms. The van der Waals surface area contributed by atoms with Crippen molar-refractivity contribution in [1.82, 2.24) is 19.9 Å². The number of benzene rings is 1. The zero-order valence-corrected chi connectivity index (χ0v) is 10.7. The van der Waals surface area contributed by atoms with E-state index >= 15 is 0 Å². The Kier molecular flexibility index (Phi) is 3.32. The van der Waals surface area contributed by atoms with E-state index in [4.69, 9.17) is 10.5 Å². The summed E-state index contributed by atoms with van der Waals surface area (Å²) in [5.41, 5.74) is 7.84. The minimum atomic E-state index is 0.480. The standard InChI is InChI=1S/C13H14N6O/c14-9-3-1-2-4-10(9)20-6-5-15-12-11-13(17-7-16-11)19-8-18-12/h1-4,7-8H,5-6,14H2,(H2,15,16,17,18,19). The molecule has 0 aliphatic rings. The number of ether oxygens (including phenoxy) is 1. The van der Waals surface area contributed by atoms with E-state index in [1.165, 1.54) is 6.33 Å². The SMILES string of the molecule is Nc1ccccc1OCCNc1ncnc2nc[nH]c12. The lowest BCUT2D eigenvalue weighted by Crippen LogP contribution is -2.13. The van der Waals surface area contributed by atoms with E-state index in [2.05, 4.69) is 25.3 Å². The van der Waals surface area contributed by atoms with Gasteiger partial charge in [-0.3, -0.25) is 0 Å². The number of rotatable bonds is 5. The number of hydrogen-bond donors (Lipinski definition) is 3. The number of hydrogen-bond acceptors (Lipinski definition) is 6. The third kappa shape index (κ3) is 2.46. The zero-order chi connectivity index (χ0) is 13.8. The molecule has 0 unspecified atom stereocenters. The number of nitrogens with one attached hydrogen (secondary N) is 2. The van der Waals surface area contributed by atoms with Crippen molar-refractivity contribution in [2.45, 2.75) is 0 Å². The second kappa shape index (κ2) is 5.43. The molecule has 7 heteroatoms. The van der Waals surface area contributed by atoms with E-state index in [0.29, 0.717) is 36.1 Å². The van der Waals surface area contributed by atoms with E-state index in [1.807, 2.05) is 18.2 Å². The van der Waals surface area contributed by atoms with Crippen molar-refractivity contribution in [1.29, 1.82) is 0 Å². The highest BCUT2D eigenvalue weighted by Crippen LogP contribution is 2.19. The summed E-state index contributed by atoms with van der Waals surface area (Å²) in [6.07, 6.45) is 3.06. The van der Waals surface area contributed by atoms with Crippen molar-refractivity contribution in [2.24, 2.45) is 0 Å². The van der Waals surface area contributed by atoms with Gasteiger partial charge in [-0.15, -0.1) is 0 Å². The van der Waals surface area contributed by atoms with Crippen LogP contribution in [-0.2, 0) is 0 Å². The lowest BCUT2D eigenvalue weighted by Gasteiger charge is -2.09. The molecule has 0 atom stereocenters. The fraction of sp³-hybridized carbons (Fsp3) is 0.154. The molecule has 3 aromatic rings. The second-order valence-electron chi connectivity index (χ2n) is 4.14. The molecule has 0 aliphatic carbocycles. The molecule has 2 aromatic heterocycles. The summed E-state index contributed by atoms with van der Waals surface area (Å²) in [4.78, 5) is 15.3. The fourth-order valence-corrected chi connectivity index (χ4v) is 1.84. The van der Waals surface area contributed by atoms with Crippen LogP contribution in [0.25, 0.3) is 11.2 Å². The molecule has 3 rings (SSSR count). The highest BCUT2D eigenvalue weighted by Gasteiger charge is 2.05. The van der Waals surface area contributed by atoms with Crippen LogP contribution in [0.2, 0.25) is 0 Å². The summed E-state index contributed by atoms with van der Waals surface area (Å²) in [7, 11) is 0. The molecule has 0 fully saturated rings. The van der Waals surface area contributed by atoms with E-state index in [1.54, 1.807) is 12.4 Å². The average Bonchev–Trinajstić information content (AvgIpc) is 2.94. The van der Waals surface area contributed by atoms with Crippen molar-refractivity contribution in [3.05, 3.63) is 36.9 Å². The fourth-order valence-electron chi connectivity index (χ4n) is 1.84. The first-order valence-corrected chi connectivity index (χ1v) is 6.20. The molecule has 0 amide bonds. The Morgan fingerprint density at radius 1 is 1.20 bits per heavy atom. The number of imidazole rings is 1. The molecule has 4 N–H and O–H groups in total. The third-order valence-electron chi connectivity index (χ3n) is 2.79. The number of aromatic nitrogens is 4. The molecule has 20 heavy (non-hydrogen) atoms. The van der Waals surface area contributed by atoms with Gasteiger partial charge in [-0.25, -0.2) is 15.0 Å². The number of nitrogens with two attached hydrogens (primary N) is 1. The molecule has 0 spiro atoms. The molecule has 102 valence electrons. The number of anilines is 2. The van der Waals surface area contributed by atoms with Gasteiger partial charge < -0.3 is 20.8 Å². The van der Waals surface area contributed by atoms with Gasteiger partial charge >= 0.3 is 0 Å². The Bertz CT molecular complexity index is 711. The van der Waals surface area contributed by atoms with Crippen LogP contribution in [0.4, 0.5) is 11.5 Å². The third-order valence-corrected chi connectivity index (χ3v) is 2.79. The van der Waals surface area contributed by atoms with E-state index < -0.39 is 0 Å². The Morgan fingerprint density at radius 3 is 3.00 bits per heavy atom. The predicted octanol–water partition coefficient (Wildman–Crippen LogP) is 1.43. The van der Waals surface area contributed by atoms with Gasteiger partial charge in [-0.2, -0.15) is 0 Å². The van der Waals surface area contributed by atoms with Crippen LogP contribution in [0.5, 0.6) is 5.75 Å². The molecule has 0 radical (unpaired) electrons. The largest absolute Gasteiger partial charge is 0.490 e. The Balaban J connectivity index is 1.58. The molecule has 1 aromatic carbocycles. The lowest BCUT2D eigenvalue weighted by molar-refractivity contribution is 0.334. The van der Waals surface area contributed by atoms with E-state index in [-0.39, 0.29) is 0 Å². The summed E-state index contributed by atoms with van der Waals surface area (Å²) in [5, 5.41) is 3.18. The molecule has 7 nitrogen and oxygen atoms in total. The van der Waals surface area contributed by atoms with Gasteiger partial charge in [0.1, 0.15) is 24.2 Å². The highest BCUT2D eigenvalue weighted by molar-refractivity contribution is 5.81. The van der Waals surface area contributed by atoms with Gasteiger partial charge in [0.25, 0.3) is 0 Å². The molecule has 0 saturated heterocycles. The number of nitrogens with zero attached hydrogens (tertiary/aromatic N) is 3. The summed E-state index contributed by atoms with van der Waals surface area (Å²) in [6.45, 7) is 1.08. The normalized spacial score (nSPS) is 10.6. The van der Waals surface area contributed by atoms with Crippen LogP contribution in [0, 0.1) is 0 Å². The lowest BCUT2D eigenvalue weighted by atomic mass is 10.3. The molecule has 0 saturated carbocycles. The smallest absolute Gasteiger partial charge is 0.182 e. The summed E-state index contributed by atoms with van der Waals surface area (Å²) < 4.78 is 5.60. The maximum Gasteiger partial charge on any atom is 0.182 e. The molecule has 2 heterocycles. The summed E-state index contributed by atoms with van der Waals surface area (Å²) in [5.74, 6) is 1.39. The van der Waals surface area contributed by atoms with Crippen LogP contribution >= 0.6 is 0 Å². The average molecular weight is 270 g/mol. The van der Waals surface area contributed by atoms with Crippen molar-refractivity contribution in [3.63, 3.8) is 0 Å². The van der Waals surface area contributed by atoms with Gasteiger partial charge in [0.15, 0.2) is 11.5 Å². The highest BCUT2D eigenvalue weighted by atomic mass is 16.5. The first kappa shape index (κ1) is 12.2. The number of para-hydroxylation sites is 2. The number of aromatic amines is 1. The quantitative estimate of drug-likeness (QED) is 0.479. The zero-order valence-electron chi connectivity index (χ0n) is 10.7. The van der Waals surface area contributed by atoms with Crippen molar-refractivity contribution in [3.8, 4) is 5.75 Å². The van der Waals surface area contributed by atoms with Crippen LogP contribution in [0.3, 0.4) is 0 Å². The number of fused-ring (bicyclic) bond motifs is 1. The first-order valence-electron chi connectivity index (χ1n) is 6.20. The van der Waals surface area contributed by atoms with Gasteiger partial charge in [-0.05, 0) is 12.1 Å². The van der Waals surface area contributed by atoms with Crippen LogP contribution < -0.4 is 15.8 Å². The number of H-pyrrole nitrogens is 1. The van der Waals surface area contributed by atoms with Gasteiger partial charge in [0.2, 0.25) is 0 Å². The number of nitrogen functional groups attached to an aromatic ring is 1. The van der Waals surface area contributed by atoms with Crippen LogP contribution in [-0.4, -0.2) is 33.1 Å². The first-order chi connectivity index (χ1) is 9.84. The maximum atomic E-state index is 5.80. The Labute approximate surface area is 115 Å². The minimum absolute atomic E-state index is 0.480. The molecular weight excluding hydrogens is 256 g/mol. The van der Waals surface area contributed by atoms with Crippen molar-refractivity contribution < 1.29 is 4.74 Å². The van der Waals surface area contributed by atoms with Gasteiger partial charge in [-0.1, -0.05) is 12.1 Å². The van der Waals surface area contributed by atoms with Crippen LogP contribution in [0.1, 0.15) is 0 Å². The van der Waals surface area contributed by atoms with Gasteiger partial charge in [0, 0.05) is 0 Å². The minimum Gasteiger partial charge on any atom is -0.490 e. The predicted molar refractivity (Wildman–Crippen MR) is 76.5 cm³/mol. The van der Waals surface area contributed by atoms with E-state index in [0.717, 1.165) is 5.52 Å². The molecular formula is C13H14N6O. The Hall–Kier alpha value is -2.83. The van der Waals surface area contributed by atoms with E-state index in [9.17, 15) is 0 Å².